The van der Waals surface area contributed by atoms with Crippen LogP contribution in [0.25, 0.3) is 0 Å². The molecule has 4 heteroatoms. The molecule has 2 rings (SSSR count). The number of amides is 1. The molecule has 1 aromatic rings. The van der Waals surface area contributed by atoms with Gasteiger partial charge in [0.2, 0.25) is 0 Å². The molecule has 2 atom stereocenters. The predicted molar refractivity (Wildman–Crippen MR) is 83.3 cm³/mol. The summed E-state index contributed by atoms with van der Waals surface area (Å²) in [5.74, 6) is 0.491. The van der Waals surface area contributed by atoms with Crippen LogP contribution in [0.2, 0.25) is 0 Å². The summed E-state index contributed by atoms with van der Waals surface area (Å²) in [6, 6.07) is 1.95. The fraction of sp³-hybridized carbons (Fsp3) is 0.688. The van der Waals surface area contributed by atoms with Gasteiger partial charge in [-0.2, -0.15) is 0 Å². The predicted octanol–water partition coefficient (Wildman–Crippen LogP) is 3.29. The summed E-state index contributed by atoms with van der Waals surface area (Å²) in [5, 5.41) is 13.4. The number of hydrogen-bond acceptors (Lipinski definition) is 3. The van der Waals surface area contributed by atoms with Crippen molar-refractivity contribution < 1.29 is 9.90 Å². The Hall–Kier alpha value is -0.870. The maximum atomic E-state index is 12.2. The second kappa shape index (κ2) is 6.27. The van der Waals surface area contributed by atoms with Gasteiger partial charge in [0.25, 0.3) is 5.91 Å². The van der Waals surface area contributed by atoms with Crippen LogP contribution in [0.1, 0.15) is 59.6 Å². The second-order valence-corrected chi connectivity index (χ2v) is 7.32. The van der Waals surface area contributed by atoms with Gasteiger partial charge in [-0.15, -0.1) is 11.3 Å². The van der Waals surface area contributed by atoms with E-state index in [1.807, 2.05) is 13.0 Å². The van der Waals surface area contributed by atoms with Crippen molar-refractivity contribution in [3.05, 3.63) is 21.4 Å². The van der Waals surface area contributed by atoms with Crippen molar-refractivity contribution in [3.8, 4) is 0 Å². The van der Waals surface area contributed by atoms with Crippen LogP contribution in [-0.2, 0) is 6.42 Å². The van der Waals surface area contributed by atoms with Gasteiger partial charge in [0, 0.05) is 11.4 Å². The van der Waals surface area contributed by atoms with Crippen LogP contribution in [0, 0.1) is 12.8 Å². The molecular weight excluding hydrogens is 270 g/mol. The smallest absolute Gasteiger partial charge is 0.261 e. The van der Waals surface area contributed by atoms with Crippen molar-refractivity contribution in [2.75, 3.05) is 6.54 Å². The minimum absolute atomic E-state index is 0.0514. The van der Waals surface area contributed by atoms with Crippen LogP contribution in [0.15, 0.2) is 6.07 Å². The van der Waals surface area contributed by atoms with Crippen molar-refractivity contribution in [1.29, 1.82) is 0 Å². The zero-order valence-corrected chi connectivity index (χ0v) is 13.5. The van der Waals surface area contributed by atoms with Crippen molar-refractivity contribution in [2.24, 2.45) is 5.92 Å². The zero-order valence-electron chi connectivity index (χ0n) is 12.7. The number of nitrogens with one attached hydrogen (secondary N) is 1. The molecule has 0 aromatic carbocycles. The zero-order chi connectivity index (χ0) is 14.8. The average molecular weight is 295 g/mol. The maximum absolute atomic E-state index is 12.2. The summed E-state index contributed by atoms with van der Waals surface area (Å²) in [6.07, 6.45) is 4.77. The van der Waals surface area contributed by atoms with Crippen LogP contribution < -0.4 is 5.32 Å². The lowest BCUT2D eigenvalue weighted by atomic mass is 9.79. The Morgan fingerprint density at radius 2 is 2.35 bits per heavy atom. The highest BCUT2D eigenvalue weighted by Crippen LogP contribution is 2.31. The van der Waals surface area contributed by atoms with Gasteiger partial charge in [0.1, 0.15) is 0 Å². The van der Waals surface area contributed by atoms with Gasteiger partial charge in [-0.1, -0.05) is 26.7 Å². The Balaban J connectivity index is 1.94. The number of carbonyl (C=O) groups is 1. The first-order chi connectivity index (χ1) is 9.43. The van der Waals surface area contributed by atoms with Gasteiger partial charge >= 0.3 is 0 Å². The molecule has 1 aromatic heterocycles. The lowest BCUT2D eigenvalue weighted by Gasteiger charge is -2.35. The second-order valence-electron chi connectivity index (χ2n) is 6.18. The lowest BCUT2D eigenvalue weighted by Crippen LogP contribution is -2.45. The summed E-state index contributed by atoms with van der Waals surface area (Å²) < 4.78 is 0. The van der Waals surface area contributed by atoms with Crippen LogP contribution in [0.3, 0.4) is 0 Å². The van der Waals surface area contributed by atoms with E-state index in [4.69, 9.17) is 0 Å². The Labute approximate surface area is 125 Å². The molecule has 1 amide bonds. The fourth-order valence-electron chi connectivity index (χ4n) is 3.11. The van der Waals surface area contributed by atoms with Gasteiger partial charge in [-0.3, -0.25) is 4.79 Å². The minimum Gasteiger partial charge on any atom is -0.388 e. The van der Waals surface area contributed by atoms with Crippen LogP contribution >= 0.6 is 11.3 Å². The summed E-state index contributed by atoms with van der Waals surface area (Å²) in [7, 11) is 0. The molecule has 0 radical (unpaired) electrons. The molecule has 1 saturated carbocycles. The number of hydrogen-bond donors (Lipinski definition) is 2. The number of thiophene rings is 1. The molecule has 0 bridgehead atoms. The van der Waals surface area contributed by atoms with Gasteiger partial charge in [0.05, 0.1) is 10.5 Å². The van der Waals surface area contributed by atoms with E-state index < -0.39 is 5.60 Å². The van der Waals surface area contributed by atoms with E-state index in [-0.39, 0.29) is 5.91 Å². The quantitative estimate of drug-likeness (QED) is 0.895. The molecule has 112 valence electrons. The first-order valence-electron chi connectivity index (χ1n) is 7.53. The molecule has 1 aliphatic carbocycles. The van der Waals surface area contributed by atoms with E-state index in [1.54, 1.807) is 11.3 Å². The third kappa shape index (κ3) is 3.61. The molecule has 0 aliphatic heterocycles. The largest absolute Gasteiger partial charge is 0.388 e. The standard InChI is InChI=1S/C16H25NO2S/c1-4-13-12(3)8-14(20-13)15(18)17-10-16(19)7-5-6-11(2)9-16/h8,11,19H,4-7,9-10H2,1-3H3,(H,17,18). The minimum atomic E-state index is -0.715. The molecule has 1 aliphatic rings. The number of aryl methyl sites for hydroxylation is 2. The van der Waals surface area contributed by atoms with Crippen LogP contribution in [0.4, 0.5) is 0 Å². The first-order valence-corrected chi connectivity index (χ1v) is 8.35. The van der Waals surface area contributed by atoms with E-state index in [9.17, 15) is 9.90 Å². The highest BCUT2D eigenvalue weighted by atomic mass is 32.1. The van der Waals surface area contributed by atoms with E-state index in [2.05, 4.69) is 19.2 Å². The molecule has 2 N–H and O–H groups in total. The number of aliphatic hydroxyl groups is 1. The summed E-state index contributed by atoms with van der Waals surface area (Å²) in [6.45, 7) is 6.69. The van der Waals surface area contributed by atoms with Crippen molar-refractivity contribution in [1.82, 2.24) is 5.32 Å². The fourth-order valence-corrected chi connectivity index (χ4v) is 4.14. The van der Waals surface area contributed by atoms with E-state index in [0.717, 1.165) is 30.6 Å². The molecule has 0 spiro atoms. The number of carbonyl (C=O) groups excluding carboxylic acids is 1. The third-order valence-electron chi connectivity index (χ3n) is 4.21. The molecular formula is C16H25NO2S. The Morgan fingerprint density at radius 1 is 1.60 bits per heavy atom. The summed E-state index contributed by atoms with van der Waals surface area (Å²) in [5.41, 5.74) is 0.473. The molecule has 20 heavy (non-hydrogen) atoms. The normalized spacial score (nSPS) is 26.5. The Morgan fingerprint density at radius 3 is 2.95 bits per heavy atom. The SMILES string of the molecule is CCc1sc(C(=O)NCC2(O)CCCC(C)C2)cc1C. The Kier molecular flexibility index (Phi) is 4.86. The average Bonchev–Trinajstić information content (AvgIpc) is 2.77. The monoisotopic (exact) mass is 295 g/mol. The van der Waals surface area contributed by atoms with Crippen molar-refractivity contribution >= 4 is 17.2 Å². The topological polar surface area (TPSA) is 49.3 Å². The molecule has 3 nitrogen and oxygen atoms in total. The van der Waals surface area contributed by atoms with E-state index in [0.29, 0.717) is 12.5 Å². The molecule has 1 heterocycles. The van der Waals surface area contributed by atoms with Crippen molar-refractivity contribution in [3.63, 3.8) is 0 Å². The molecule has 1 fully saturated rings. The van der Waals surface area contributed by atoms with Gasteiger partial charge < -0.3 is 10.4 Å². The lowest BCUT2D eigenvalue weighted by molar-refractivity contribution is -0.0109. The highest BCUT2D eigenvalue weighted by molar-refractivity contribution is 7.14. The summed E-state index contributed by atoms with van der Waals surface area (Å²) >= 11 is 1.56. The summed E-state index contributed by atoms with van der Waals surface area (Å²) in [4.78, 5) is 14.2. The van der Waals surface area contributed by atoms with Gasteiger partial charge in [-0.25, -0.2) is 0 Å². The van der Waals surface area contributed by atoms with E-state index in [1.165, 1.54) is 16.9 Å². The van der Waals surface area contributed by atoms with Crippen LogP contribution in [-0.4, -0.2) is 23.2 Å². The first kappa shape index (κ1) is 15.5. The van der Waals surface area contributed by atoms with Crippen molar-refractivity contribution in [2.45, 2.75) is 58.5 Å². The molecule has 0 saturated heterocycles. The highest BCUT2D eigenvalue weighted by Gasteiger charge is 2.33. The van der Waals surface area contributed by atoms with Crippen LogP contribution in [0.5, 0.6) is 0 Å². The molecule has 2 unspecified atom stereocenters. The number of rotatable bonds is 4. The maximum Gasteiger partial charge on any atom is 0.261 e. The Bertz CT molecular complexity index is 483. The van der Waals surface area contributed by atoms with Gasteiger partial charge in [0.15, 0.2) is 0 Å². The third-order valence-corrected chi connectivity index (χ3v) is 5.59. The van der Waals surface area contributed by atoms with Gasteiger partial charge in [-0.05, 0) is 43.7 Å². The van der Waals surface area contributed by atoms with E-state index >= 15 is 0 Å².